The maximum Gasteiger partial charge on any atom is 0.0988 e. The number of nitrogens with zero attached hydrogens (tertiary/aromatic N) is 3. The van der Waals surface area contributed by atoms with Gasteiger partial charge in [0.1, 0.15) is 0 Å². The molecule has 0 amide bonds. The van der Waals surface area contributed by atoms with Crippen molar-refractivity contribution in [2.75, 3.05) is 11.6 Å². The van der Waals surface area contributed by atoms with E-state index in [9.17, 15) is 0 Å². The Morgan fingerprint density at radius 1 is 0.781 bits per heavy atom. The molecule has 32 heavy (non-hydrogen) atoms. The number of anilines is 2. The minimum Gasteiger partial charge on any atom is -0.371 e. The molecule has 1 fully saturated rings. The minimum atomic E-state index is 0.334. The fourth-order valence-corrected chi connectivity index (χ4v) is 4.27. The van der Waals surface area contributed by atoms with Crippen molar-refractivity contribution in [3.8, 4) is 0 Å². The average molecular weight is 418 g/mol. The van der Waals surface area contributed by atoms with E-state index >= 15 is 0 Å². The highest BCUT2D eigenvalue weighted by Gasteiger charge is 2.24. The van der Waals surface area contributed by atoms with E-state index in [1.54, 1.807) is 0 Å². The van der Waals surface area contributed by atoms with E-state index in [1.807, 2.05) is 47.6 Å². The highest BCUT2D eigenvalue weighted by atomic mass is 16.6. The molecule has 4 aromatic carbocycles. The van der Waals surface area contributed by atoms with Crippen molar-refractivity contribution in [1.82, 2.24) is 4.57 Å². The Hall–Kier alpha value is -3.89. The summed E-state index contributed by atoms with van der Waals surface area (Å²) < 4.78 is 7.88. The van der Waals surface area contributed by atoms with Crippen LogP contribution in [0.4, 0.5) is 11.4 Å². The third kappa shape index (κ3) is 3.55. The molecule has 0 spiro atoms. The molecule has 156 valence electrons. The molecular formula is C28H23N3O. The molecule has 1 aromatic heterocycles. The van der Waals surface area contributed by atoms with Gasteiger partial charge in [0.2, 0.25) is 0 Å². The molecule has 4 heteroatoms. The normalized spacial score (nSPS) is 15.6. The van der Waals surface area contributed by atoms with Gasteiger partial charge in [-0.15, -0.1) is 0 Å². The summed E-state index contributed by atoms with van der Waals surface area (Å²) in [6.45, 7) is 1.75. The quantitative estimate of drug-likeness (QED) is 0.183. The number of hydrogen-bond acceptors (Lipinski definition) is 3. The van der Waals surface area contributed by atoms with Crippen LogP contribution in [0.3, 0.4) is 0 Å². The molecule has 1 aliphatic rings. The fourth-order valence-electron chi connectivity index (χ4n) is 4.27. The summed E-state index contributed by atoms with van der Waals surface area (Å²) in [5.74, 6) is 0. The number of rotatable bonds is 6. The Morgan fingerprint density at radius 3 is 2.09 bits per heavy atom. The number of aromatic nitrogens is 1. The average Bonchev–Trinajstić information content (AvgIpc) is 3.63. The van der Waals surface area contributed by atoms with Crippen LogP contribution in [0.25, 0.3) is 21.8 Å². The number of hydrazone groups is 1. The van der Waals surface area contributed by atoms with Crippen molar-refractivity contribution in [2.45, 2.75) is 12.6 Å². The van der Waals surface area contributed by atoms with Gasteiger partial charge in [0.05, 0.1) is 36.8 Å². The lowest BCUT2D eigenvalue weighted by Crippen LogP contribution is -2.09. The molecule has 1 unspecified atom stereocenters. The molecule has 1 saturated heterocycles. The molecule has 0 N–H and O–H groups in total. The lowest BCUT2D eigenvalue weighted by atomic mass is 10.1. The molecule has 6 rings (SSSR count). The number of fused-ring (bicyclic) bond motifs is 3. The molecule has 0 saturated carbocycles. The van der Waals surface area contributed by atoms with E-state index in [2.05, 4.69) is 71.3 Å². The van der Waals surface area contributed by atoms with Gasteiger partial charge < -0.3 is 9.30 Å². The van der Waals surface area contributed by atoms with Crippen LogP contribution in [0.1, 0.15) is 5.56 Å². The zero-order valence-electron chi connectivity index (χ0n) is 17.6. The van der Waals surface area contributed by atoms with Gasteiger partial charge >= 0.3 is 0 Å². The smallest absolute Gasteiger partial charge is 0.0988 e. The van der Waals surface area contributed by atoms with Crippen LogP contribution in [0.2, 0.25) is 0 Å². The summed E-state index contributed by atoms with van der Waals surface area (Å²) in [6.07, 6.45) is 2.27. The van der Waals surface area contributed by atoms with Gasteiger partial charge in [-0.25, -0.2) is 5.01 Å². The van der Waals surface area contributed by atoms with Gasteiger partial charge in [-0.05, 0) is 48.0 Å². The van der Waals surface area contributed by atoms with E-state index in [4.69, 9.17) is 9.84 Å². The largest absolute Gasteiger partial charge is 0.371 e. The zero-order valence-corrected chi connectivity index (χ0v) is 17.6. The first kappa shape index (κ1) is 18.8. The maximum atomic E-state index is 5.50. The number of ether oxygens (including phenoxy) is 1. The first-order valence-corrected chi connectivity index (χ1v) is 10.9. The standard InChI is InChI=1S/C28H23N3O/c1-3-9-22(10-4-1)31(23-11-5-2-6-12-23)29-18-21-15-16-28-26(17-21)25-13-7-8-14-27(25)30(28)19-24-20-32-24/h1-18,24H,19-20H2/b29-18+. The first-order valence-electron chi connectivity index (χ1n) is 10.9. The summed E-state index contributed by atoms with van der Waals surface area (Å²) >= 11 is 0. The third-order valence-corrected chi connectivity index (χ3v) is 5.91. The van der Waals surface area contributed by atoms with Crippen molar-refractivity contribution >= 4 is 39.4 Å². The Morgan fingerprint density at radius 2 is 1.41 bits per heavy atom. The Kier molecular flexibility index (Phi) is 4.70. The third-order valence-electron chi connectivity index (χ3n) is 5.91. The van der Waals surface area contributed by atoms with Crippen molar-refractivity contribution in [1.29, 1.82) is 0 Å². The second-order valence-electron chi connectivity index (χ2n) is 8.09. The van der Waals surface area contributed by atoms with Gasteiger partial charge in [-0.2, -0.15) is 5.10 Å². The Balaban J connectivity index is 1.41. The van der Waals surface area contributed by atoms with Gasteiger partial charge in [-0.1, -0.05) is 60.7 Å². The van der Waals surface area contributed by atoms with E-state index in [0.717, 1.165) is 30.1 Å². The van der Waals surface area contributed by atoms with Crippen molar-refractivity contribution < 1.29 is 4.74 Å². The summed E-state index contributed by atoms with van der Waals surface area (Å²) in [4.78, 5) is 0. The van der Waals surface area contributed by atoms with Gasteiger partial charge in [0, 0.05) is 21.8 Å². The predicted octanol–water partition coefficient (Wildman–Crippen LogP) is 6.37. The van der Waals surface area contributed by atoms with Crippen LogP contribution in [-0.2, 0) is 11.3 Å². The highest BCUT2D eigenvalue weighted by molar-refractivity contribution is 6.09. The maximum absolute atomic E-state index is 5.50. The summed E-state index contributed by atoms with van der Waals surface area (Å²) in [5, 5.41) is 9.35. The van der Waals surface area contributed by atoms with Crippen molar-refractivity contribution in [3.63, 3.8) is 0 Å². The first-order chi connectivity index (χ1) is 15.9. The summed E-state index contributed by atoms with van der Waals surface area (Å²) in [5.41, 5.74) is 5.61. The number of benzene rings is 4. The van der Waals surface area contributed by atoms with E-state index in [-0.39, 0.29) is 0 Å². The van der Waals surface area contributed by atoms with Crippen LogP contribution in [0, 0.1) is 0 Å². The van der Waals surface area contributed by atoms with Gasteiger partial charge in [0.15, 0.2) is 0 Å². The van der Waals surface area contributed by atoms with Crippen LogP contribution in [0.5, 0.6) is 0 Å². The summed E-state index contributed by atoms with van der Waals surface area (Å²) in [6, 6.07) is 35.6. The van der Waals surface area contributed by atoms with E-state index in [1.165, 1.54) is 21.8 Å². The lowest BCUT2D eigenvalue weighted by molar-refractivity contribution is 0.387. The molecule has 0 bridgehead atoms. The van der Waals surface area contributed by atoms with Gasteiger partial charge in [0.25, 0.3) is 0 Å². The number of para-hydroxylation sites is 3. The topological polar surface area (TPSA) is 33.1 Å². The van der Waals surface area contributed by atoms with Crippen molar-refractivity contribution in [3.05, 3.63) is 109 Å². The second-order valence-corrected chi connectivity index (χ2v) is 8.09. The number of epoxide rings is 1. The Bertz CT molecular complexity index is 1360. The molecular weight excluding hydrogens is 394 g/mol. The van der Waals surface area contributed by atoms with Crippen LogP contribution in [-0.4, -0.2) is 23.5 Å². The van der Waals surface area contributed by atoms with Gasteiger partial charge in [-0.3, -0.25) is 0 Å². The SMILES string of the molecule is C(=N\N(c1ccccc1)c1ccccc1)/c1ccc2c(c1)c1ccccc1n2CC1CO1. The van der Waals surface area contributed by atoms with Crippen LogP contribution in [0.15, 0.2) is 108 Å². The molecule has 2 heterocycles. The molecule has 5 aromatic rings. The highest BCUT2D eigenvalue weighted by Crippen LogP contribution is 2.31. The molecule has 0 aliphatic carbocycles. The van der Waals surface area contributed by atoms with Crippen LogP contribution >= 0.6 is 0 Å². The molecule has 0 radical (unpaired) electrons. The number of hydrogen-bond donors (Lipinski definition) is 0. The predicted molar refractivity (Wildman–Crippen MR) is 132 cm³/mol. The minimum absolute atomic E-state index is 0.334. The second kappa shape index (κ2) is 7.98. The molecule has 1 atom stereocenters. The monoisotopic (exact) mass is 417 g/mol. The fraction of sp³-hybridized carbons (Fsp3) is 0.107. The Labute approximate surface area is 187 Å². The lowest BCUT2D eigenvalue weighted by Gasteiger charge is -2.19. The van der Waals surface area contributed by atoms with E-state index < -0.39 is 0 Å². The van der Waals surface area contributed by atoms with Crippen molar-refractivity contribution in [2.24, 2.45) is 5.10 Å². The zero-order chi connectivity index (χ0) is 21.3. The summed E-state index contributed by atoms with van der Waals surface area (Å²) in [7, 11) is 0. The molecule has 1 aliphatic heterocycles. The van der Waals surface area contributed by atoms with Crippen LogP contribution < -0.4 is 5.01 Å². The molecule has 4 nitrogen and oxygen atoms in total. The van der Waals surface area contributed by atoms with E-state index in [0.29, 0.717) is 6.10 Å².